The molecule has 0 unspecified atom stereocenters. The second kappa shape index (κ2) is 6.70. The summed E-state index contributed by atoms with van der Waals surface area (Å²) in [6.07, 6.45) is 0.359. The van der Waals surface area contributed by atoms with Crippen LogP contribution in [-0.2, 0) is 16.0 Å². The van der Waals surface area contributed by atoms with Crippen LogP contribution in [0.2, 0.25) is 5.02 Å². The van der Waals surface area contributed by atoms with E-state index in [1.807, 2.05) is 0 Å². The third-order valence-corrected chi connectivity index (χ3v) is 3.37. The molecule has 0 spiro atoms. The first-order valence-electron chi connectivity index (χ1n) is 6.16. The van der Waals surface area contributed by atoms with E-state index < -0.39 is 17.2 Å². The van der Waals surface area contributed by atoms with Gasteiger partial charge in [0.25, 0.3) is 0 Å². The van der Waals surface area contributed by atoms with E-state index in [1.165, 1.54) is 12.1 Å². The lowest BCUT2D eigenvalue weighted by molar-refractivity contribution is -0.147. The van der Waals surface area contributed by atoms with Crippen LogP contribution in [0, 0.1) is 11.2 Å². The van der Waals surface area contributed by atoms with Gasteiger partial charge in [-0.1, -0.05) is 17.7 Å². The van der Waals surface area contributed by atoms with Crippen LogP contribution in [0.3, 0.4) is 0 Å². The summed E-state index contributed by atoms with van der Waals surface area (Å²) in [6.45, 7) is 3.45. The SMILES string of the molecule is CC(C)(CCNC(=O)Cc1ccc(F)cc1Cl)C(=O)O. The number of amides is 1. The first kappa shape index (κ1) is 16.4. The highest BCUT2D eigenvalue weighted by Gasteiger charge is 2.26. The molecular formula is C14H17ClFNO3. The molecule has 1 rings (SSSR count). The number of nitrogens with one attached hydrogen (secondary N) is 1. The maximum absolute atomic E-state index is 12.9. The average Bonchev–Trinajstić information content (AvgIpc) is 2.32. The van der Waals surface area contributed by atoms with Crippen molar-refractivity contribution in [2.24, 2.45) is 5.41 Å². The number of halogens is 2. The minimum absolute atomic E-state index is 0.0343. The lowest BCUT2D eigenvalue weighted by atomic mass is 9.90. The molecule has 6 heteroatoms. The number of carboxylic acids is 1. The first-order chi connectivity index (χ1) is 9.22. The van der Waals surface area contributed by atoms with E-state index in [-0.39, 0.29) is 23.9 Å². The fraction of sp³-hybridized carbons (Fsp3) is 0.429. The number of carboxylic acid groups (broad SMARTS) is 1. The quantitative estimate of drug-likeness (QED) is 0.849. The Morgan fingerprint density at radius 1 is 1.40 bits per heavy atom. The Hall–Kier alpha value is -1.62. The topological polar surface area (TPSA) is 66.4 Å². The molecular weight excluding hydrogens is 285 g/mol. The van der Waals surface area contributed by atoms with Gasteiger partial charge in [-0.25, -0.2) is 4.39 Å². The van der Waals surface area contributed by atoms with Crippen molar-refractivity contribution in [3.8, 4) is 0 Å². The molecule has 0 aliphatic heterocycles. The molecule has 0 fully saturated rings. The van der Waals surface area contributed by atoms with Gasteiger partial charge in [0, 0.05) is 11.6 Å². The molecule has 1 aromatic rings. The van der Waals surface area contributed by atoms with Gasteiger partial charge >= 0.3 is 5.97 Å². The third kappa shape index (κ3) is 4.81. The monoisotopic (exact) mass is 301 g/mol. The minimum Gasteiger partial charge on any atom is -0.481 e. The molecule has 0 aliphatic carbocycles. The molecule has 2 N–H and O–H groups in total. The lowest BCUT2D eigenvalue weighted by Gasteiger charge is -2.18. The van der Waals surface area contributed by atoms with Crippen LogP contribution in [-0.4, -0.2) is 23.5 Å². The number of benzene rings is 1. The van der Waals surface area contributed by atoms with Crippen molar-refractivity contribution in [1.82, 2.24) is 5.32 Å². The van der Waals surface area contributed by atoms with Crippen molar-refractivity contribution >= 4 is 23.5 Å². The maximum atomic E-state index is 12.9. The van der Waals surface area contributed by atoms with Gasteiger partial charge in [-0.15, -0.1) is 0 Å². The fourth-order valence-corrected chi connectivity index (χ4v) is 1.76. The van der Waals surface area contributed by atoms with Crippen molar-refractivity contribution in [2.45, 2.75) is 26.7 Å². The van der Waals surface area contributed by atoms with Crippen LogP contribution in [0.25, 0.3) is 0 Å². The Labute approximate surface area is 121 Å². The molecule has 0 heterocycles. The Kier molecular flexibility index (Phi) is 5.51. The Bertz CT molecular complexity index is 517. The molecule has 20 heavy (non-hydrogen) atoms. The van der Waals surface area contributed by atoms with Gasteiger partial charge in [0.05, 0.1) is 11.8 Å². The summed E-state index contributed by atoms with van der Waals surface area (Å²) < 4.78 is 12.9. The van der Waals surface area contributed by atoms with Crippen LogP contribution >= 0.6 is 11.6 Å². The first-order valence-corrected chi connectivity index (χ1v) is 6.54. The van der Waals surface area contributed by atoms with E-state index >= 15 is 0 Å². The molecule has 1 amide bonds. The largest absolute Gasteiger partial charge is 0.481 e. The highest BCUT2D eigenvalue weighted by Crippen LogP contribution is 2.20. The van der Waals surface area contributed by atoms with E-state index in [4.69, 9.17) is 16.7 Å². The van der Waals surface area contributed by atoms with Crippen molar-refractivity contribution in [2.75, 3.05) is 6.54 Å². The van der Waals surface area contributed by atoms with Crippen molar-refractivity contribution < 1.29 is 19.1 Å². The normalized spacial score (nSPS) is 11.2. The summed E-state index contributed by atoms with van der Waals surface area (Å²) in [6, 6.07) is 3.85. The average molecular weight is 302 g/mol. The second-order valence-electron chi connectivity index (χ2n) is 5.20. The molecule has 0 atom stereocenters. The minimum atomic E-state index is -0.909. The summed E-state index contributed by atoms with van der Waals surface area (Å²) in [5.74, 6) is -1.64. The van der Waals surface area contributed by atoms with E-state index in [0.29, 0.717) is 12.0 Å². The second-order valence-corrected chi connectivity index (χ2v) is 5.61. The number of hydrogen-bond acceptors (Lipinski definition) is 2. The highest BCUT2D eigenvalue weighted by atomic mass is 35.5. The summed E-state index contributed by atoms with van der Waals surface area (Å²) in [5.41, 5.74) is -0.357. The zero-order chi connectivity index (χ0) is 15.3. The molecule has 0 saturated heterocycles. The Balaban J connectivity index is 2.47. The van der Waals surface area contributed by atoms with Gasteiger partial charge in [-0.2, -0.15) is 0 Å². The number of aliphatic carboxylic acids is 1. The molecule has 0 aromatic heterocycles. The molecule has 0 aliphatic rings. The van der Waals surface area contributed by atoms with Gasteiger partial charge in [0.1, 0.15) is 5.82 Å². The standard InChI is InChI=1S/C14H17ClFNO3/c1-14(2,13(19)20)5-6-17-12(18)7-9-3-4-10(16)8-11(9)15/h3-4,8H,5-7H2,1-2H3,(H,17,18)(H,19,20). The highest BCUT2D eigenvalue weighted by molar-refractivity contribution is 6.31. The summed E-state index contributed by atoms with van der Waals surface area (Å²) in [4.78, 5) is 22.6. The van der Waals surface area contributed by atoms with Crippen LogP contribution < -0.4 is 5.32 Å². The molecule has 110 valence electrons. The molecule has 0 radical (unpaired) electrons. The van der Waals surface area contributed by atoms with Crippen molar-refractivity contribution in [3.05, 3.63) is 34.6 Å². The van der Waals surface area contributed by atoms with Crippen LogP contribution in [0.1, 0.15) is 25.8 Å². The van der Waals surface area contributed by atoms with Gasteiger partial charge < -0.3 is 10.4 Å². The van der Waals surface area contributed by atoms with Gasteiger partial charge in [-0.3, -0.25) is 9.59 Å². The van der Waals surface area contributed by atoms with E-state index in [9.17, 15) is 14.0 Å². The lowest BCUT2D eigenvalue weighted by Crippen LogP contribution is -2.32. The zero-order valence-electron chi connectivity index (χ0n) is 11.4. The molecule has 1 aromatic carbocycles. The third-order valence-electron chi connectivity index (χ3n) is 3.02. The van der Waals surface area contributed by atoms with Crippen LogP contribution in [0.4, 0.5) is 4.39 Å². The van der Waals surface area contributed by atoms with Crippen LogP contribution in [0.15, 0.2) is 18.2 Å². The number of carbonyl (C=O) groups excluding carboxylic acids is 1. The van der Waals surface area contributed by atoms with E-state index in [1.54, 1.807) is 13.8 Å². The number of hydrogen-bond donors (Lipinski definition) is 2. The molecule has 0 saturated carbocycles. The summed E-state index contributed by atoms with van der Waals surface area (Å²) in [5, 5.41) is 11.8. The van der Waals surface area contributed by atoms with Gasteiger partial charge in [-0.05, 0) is 38.0 Å². The zero-order valence-corrected chi connectivity index (χ0v) is 12.1. The summed E-state index contributed by atoms with van der Waals surface area (Å²) >= 11 is 5.82. The summed E-state index contributed by atoms with van der Waals surface area (Å²) in [7, 11) is 0. The van der Waals surface area contributed by atoms with Crippen molar-refractivity contribution in [1.29, 1.82) is 0 Å². The number of carbonyl (C=O) groups is 2. The fourth-order valence-electron chi connectivity index (χ4n) is 1.52. The van der Waals surface area contributed by atoms with Gasteiger partial charge in [0.15, 0.2) is 0 Å². The predicted molar refractivity (Wildman–Crippen MR) is 74.2 cm³/mol. The van der Waals surface area contributed by atoms with Crippen molar-refractivity contribution in [3.63, 3.8) is 0 Å². The molecule has 4 nitrogen and oxygen atoms in total. The van der Waals surface area contributed by atoms with E-state index in [2.05, 4.69) is 5.32 Å². The Morgan fingerprint density at radius 3 is 2.60 bits per heavy atom. The van der Waals surface area contributed by atoms with E-state index in [0.717, 1.165) is 6.07 Å². The predicted octanol–water partition coefficient (Wildman–Crippen LogP) is 2.64. The maximum Gasteiger partial charge on any atom is 0.309 e. The van der Waals surface area contributed by atoms with Gasteiger partial charge in [0.2, 0.25) is 5.91 Å². The number of rotatable bonds is 6. The smallest absolute Gasteiger partial charge is 0.309 e. The molecule has 0 bridgehead atoms. The Morgan fingerprint density at radius 2 is 2.05 bits per heavy atom. The van der Waals surface area contributed by atoms with Crippen LogP contribution in [0.5, 0.6) is 0 Å².